The molecule has 1 saturated carbocycles. The van der Waals surface area contributed by atoms with Gasteiger partial charge >= 0.3 is 0 Å². The van der Waals surface area contributed by atoms with Gasteiger partial charge in [-0.2, -0.15) is 0 Å². The Labute approximate surface area is 144 Å². The largest absolute Gasteiger partial charge is 0.360 e. The van der Waals surface area contributed by atoms with E-state index in [1.54, 1.807) is 0 Å². The third-order valence-electron chi connectivity index (χ3n) is 4.74. The van der Waals surface area contributed by atoms with Crippen molar-refractivity contribution in [2.45, 2.75) is 63.3 Å². The van der Waals surface area contributed by atoms with Crippen LogP contribution < -0.4 is 5.32 Å². The molecule has 138 valence electrons. The molecule has 3 rings (SSSR count). The number of carbonyl (C=O) groups is 2. The third kappa shape index (κ3) is 4.16. The van der Waals surface area contributed by atoms with Gasteiger partial charge in [0.15, 0.2) is 5.69 Å². The Morgan fingerprint density at radius 3 is 2.80 bits per heavy atom. The number of alkyl halides is 2. The van der Waals surface area contributed by atoms with Crippen molar-refractivity contribution in [1.29, 1.82) is 0 Å². The van der Waals surface area contributed by atoms with Crippen LogP contribution in [-0.4, -0.2) is 46.9 Å². The first-order chi connectivity index (χ1) is 11.9. The van der Waals surface area contributed by atoms with Gasteiger partial charge in [0, 0.05) is 24.9 Å². The smallest absolute Gasteiger partial charge is 0.285 e. The fraction of sp³-hybridized carbons (Fsp3) is 0.706. The number of rotatable bonds is 6. The van der Waals surface area contributed by atoms with Crippen molar-refractivity contribution in [3.05, 3.63) is 17.5 Å². The lowest BCUT2D eigenvalue weighted by Crippen LogP contribution is -2.59. The molecule has 8 heteroatoms. The molecule has 25 heavy (non-hydrogen) atoms. The van der Waals surface area contributed by atoms with Gasteiger partial charge in [0.2, 0.25) is 5.91 Å². The molecule has 1 aliphatic carbocycles. The molecule has 1 aromatic heterocycles. The molecule has 6 nitrogen and oxygen atoms in total. The molecule has 0 spiro atoms. The number of amides is 2. The van der Waals surface area contributed by atoms with E-state index in [2.05, 4.69) is 10.5 Å². The molecule has 2 aliphatic rings. The summed E-state index contributed by atoms with van der Waals surface area (Å²) < 4.78 is 33.8. The number of halogens is 2. The molecule has 2 fully saturated rings. The summed E-state index contributed by atoms with van der Waals surface area (Å²) in [6, 6.07) is 0.213. The van der Waals surface area contributed by atoms with Gasteiger partial charge in [0.25, 0.3) is 11.8 Å². The van der Waals surface area contributed by atoms with Crippen molar-refractivity contribution in [3.63, 3.8) is 0 Å². The lowest BCUT2D eigenvalue weighted by atomic mass is 10.00. The standard InChI is InChI=1S/C17H23F2N3O3/c1-2-3-4-15(23)22-8-7-14(17(18,19)10-22)20-16(24)12-9-13(25-21-12)11-5-6-11/h9,11,14H,2-8,10H2,1H3,(H,20,24). The van der Waals surface area contributed by atoms with E-state index in [9.17, 15) is 18.4 Å². The highest BCUT2D eigenvalue weighted by Gasteiger charge is 2.46. The summed E-state index contributed by atoms with van der Waals surface area (Å²) in [5.41, 5.74) is 0.0270. The Hall–Kier alpha value is -1.99. The summed E-state index contributed by atoms with van der Waals surface area (Å²) >= 11 is 0. The number of nitrogens with one attached hydrogen (secondary N) is 1. The van der Waals surface area contributed by atoms with E-state index in [1.807, 2.05) is 6.92 Å². The van der Waals surface area contributed by atoms with E-state index in [-0.39, 0.29) is 31.0 Å². The summed E-state index contributed by atoms with van der Waals surface area (Å²) in [5, 5.41) is 6.02. The van der Waals surface area contributed by atoms with Crippen molar-refractivity contribution >= 4 is 11.8 Å². The summed E-state index contributed by atoms with van der Waals surface area (Å²) in [6.45, 7) is 1.50. The summed E-state index contributed by atoms with van der Waals surface area (Å²) in [5.74, 6) is -3.15. The van der Waals surface area contributed by atoms with Crippen LogP contribution in [0.2, 0.25) is 0 Å². The molecule has 1 aromatic rings. The van der Waals surface area contributed by atoms with Gasteiger partial charge in [-0.15, -0.1) is 0 Å². The van der Waals surface area contributed by atoms with E-state index in [0.717, 1.165) is 19.3 Å². The molecule has 0 radical (unpaired) electrons. The number of nitrogens with zero attached hydrogens (tertiary/aromatic N) is 2. The second-order valence-electron chi connectivity index (χ2n) is 6.88. The first-order valence-electron chi connectivity index (χ1n) is 8.83. The average molecular weight is 355 g/mol. The lowest BCUT2D eigenvalue weighted by Gasteiger charge is -2.38. The monoisotopic (exact) mass is 355 g/mol. The number of aromatic nitrogens is 1. The third-order valence-corrected chi connectivity index (χ3v) is 4.74. The quantitative estimate of drug-likeness (QED) is 0.851. The second-order valence-corrected chi connectivity index (χ2v) is 6.88. The second kappa shape index (κ2) is 7.09. The normalized spacial score (nSPS) is 22.7. The average Bonchev–Trinajstić information content (AvgIpc) is 3.31. The van der Waals surface area contributed by atoms with Gasteiger partial charge in [-0.3, -0.25) is 9.59 Å². The maximum absolute atomic E-state index is 14.4. The van der Waals surface area contributed by atoms with Crippen LogP contribution in [0.4, 0.5) is 8.78 Å². The zero-order valence-electron chi connectivity index (χ0n) is 14.3. The van der Waals surface area contributed by atoms with Gasteiger partial charge < -0.3 is 14.7 Å². The number of carbonyl (C=O) groups excluding carboxylic acids is 2. The van der Waals surface area contributed by atoms with Crippen molar-refractivity contribution in [2.24, 2.45) is 0 Å². The molecule has 2 heterocycles. The van der Waals surface area contributed by atoms with E-state index in [4.69, 9.17) is 4.52 Å². The topological polar surface area (TPSA) is 75.4 Å². The summed E-state index contributed by atoms with van der Waals surface area (Å²) in [7, 11) is 0. The molecule has 0 bridgehead atoms. The lowest BCUT2D eigenvalue weighted by molar-refractivity contribution is -0.144. The van der Waals surface area contributed by atoms with Gasteiger partial charge in [0.1, 0.15) is 5.76 Å². The van der Waals surface area contributed by atoms with Gasteiger partial charge in [0.05, 0.1) is 12.6 Å². The molecule has 0 aromatic carbocycles. The molecule has 1 aliphatic heterocycles. The van der Waals surface area contributed by atoms with Gasteiger partial charge in [-0.1, -0.05) is 18.5 Å². The first kappa shape index (κ1) is 17.8. The van der Waals surface area contributed by atoms with Crippen molar-refractivity contribution in [2.75, 3.05) is 13.1 Å². The minimum atomic E-state index is -3.17. The Balaban J connectivity index is 1.57. The van der Waals surface area contributed by atoms with Crippen LogP contribution in [0.15, 0.2) is 10.6 Å². The molecule has 2 amide bonds. The SMILES string of the molecule is CCCCC(=O)N1CCC(NC(=O)c2cc(C3CC3)on2)C(F)(F)C1. The van der Waals surface area contributed by atoms with Crippen molar-refractivity contribution in [1.82, 2.24) is 15.4 Å². The zero-order valence-corrected chi connectivity index (χ0v) is 14.3. The molecule has 1 unspecified atom stereocenters. The van der Waals surface area contributed by atoms with Crippen LogP contribution >= 0.6 is 0 Å². The highest BCUT2D eigenvalue weighted by Crippen LogP contribution is 2.40. The van der Waals surface area contributed by atoms with Crippen LogP contribution in [0.1, 0.15) is 67.6 Å². The Morgan fingerprint density at radius 2 is 2.16 bits per heavy atom. The number of piperidine rings is 1. The Morgan fingerprint density at radius 1 is 1.40 bits per heavy atom. The summed E-state index contributed by atoms with van der Waals surface area (Å²) in [4.78, 5) is 25.3. The van der Waals surface area contributed by atoms with Crippen LogP contribution in [0.3, 0.4) is 0 Å². The van der Waals surface area contributed by atoms with E-state index < -0.39 is 24.4 Å². The number of hydrogen-bond donors (Lipinski definition) is 1. The number of hydrogen-bond acceptors (Lipinski definition) is 4. The molecule has 1 N–H and O–H groups in total. The Bertz CT molecular complexity index is 643. The number of likely N-dealkylation sites (tertiary alicyclic amines) is 1. The molecule has 1 atom stereocenters. The van der Waals surface area contributed by atoms with E-state index in [1.165, 1.54) is 11.0 Å². The maximum Gasteiger partial charge on any atom is 0.285 e. The molecular weight excluding hydrogens is 332 g/mol. The van der Waals surface area contributed by atoms with Crippen LogP contribution in [0.5, 0.6) is 0 Å². The van der Waals surface area contributed by atoms with Crippen molar-refractivity contribution < 1.29 is 22.9 Å². The van der Waals surface area contributed by atoms with Gasteiger partial charge in [-0.25, -0.2) is 8.78 Å². The maximum atomic E-state index is 14.4. The first-order valence-corrected chi connectivity index (χ1v) is 8.83. The minimum Gasteiger partial charge on any atom is -0.360 e. The predicted molar refractivity (Wildman–Crippen MR) is 85.4 cm³/mol. The minimum absolute atomic E-state index is 0.0178. The zero-order chi connectivity index (χ0) is 18.0. The van der Waals surface area contributed by atoms with Crippen LogP contribution in [0, 0.1) is 0 Å². The van der Waals surface area contributed by atoms with Gasteiger partial charge in [-0.05, 0) is 25.7 Å². The fourth-order valence-corrected chi connectivity index (χ4v) is 3.01. The molecule has 1 saturated heterocycles. The fourth-order valence-electron chi connectivity index (χ4n) is 3.01. The Kier molecular flexibility index (Phi) is 5.06. The molecular formula is C17H23F2N3O3. The summed E-state index contributed by atoms with van der Waals surface area (Å²) in [6.07, 6.45) is 3.83. The highest BCUT2D eigenvalue weighted by molar-refractivity contribution is 5.92. The van der Waals surface area contributed by atoms with Crippen LogP contribution in [-0.2, 0) is 4.79 Å². The number of unbranched alkanes of at least 4 members (excludes halogenated alkanes) is 1. The van der Waals surface area contributed by atoms with Crippen molar-refractivity contribution in [3.8, 4) is 0 Å². The van der Waals surface area contributed by atoms with Crippen LogP contribution in [0.25, 0.3) is 0 Å². The predicted octanol–water partition coefficient (Wildman–Crippen LogP) is 2.71. The van der Waals surface area contributed by atoms with E-state index >= 15 is 0 Å². The highest BCUT2D eigenvalue weighted by atomic mass is 19.3. The van der Waals surface area contributed by atoms with E-state index in [0.29, 0.717) is 18.1 Å².